The SMILES string of the molecule is COc1ccc(NC(=O)CCCN(c2cccc([N+](=O)[O-])c2)S(C)(=O)=O)cc1OC. The molecule has 10 nitrogen and oxygen atoms in total. The van der Waals surface area contributed by atoms with E-state index in [9.17, 15) is 23.3 Å². The second kappa shape index (κ2) is 9.92. The fraction of sp³-hybridized carbons (Fsp3) is 0.316. The molecule has 0 aromatic heterocycles. The van der Waals surface area contributed by atoms with Gasteiger partial charge in [-0.15, -0.1) is 0 Å². The number of nitro benzene ring substituents is 1. The molecule has 0 unspecified atom stereocenters. The van der Waals surface area contributed by atoms with Gasteiger partial charge in [0.05, 0.1) is 31.1 Å². The lowest BCUT2D eigenvalue weighted by atomic mass is 10.2. The normalized spacial score (nSPS) is 10.9. The van der Waals surface area contributed by atoms with Gasteiger partial charge in [-0.1, -0.05) is 6.07 Å². The van der Waals surface area contributed by atoms with Gasteiger partial charge in [-0.25, -0.2) is 8.42 Å². The van der Waals surface area contributed by atoms with E-state index in [1.807, 2.05) is 0 Å². The second-order valence-corrected chi connectivity index (χ2v) is 8.24. The Morgan fingerprint density at radius 3 is 2.43 bits per heavy atom. The van der Waals surface area contributed by atoms with E-state index in [1.54, 1.807) is 18.2 Å². The quantitative estimate of drug-likeness (QED) is 0.447. The molecule has 0 aliphatic heterocycles. The van der Waals surface area contributed by atoms with Crippen LogP contribution in [0.25, 0.3) is 0 Å². The summed E-state index contributed by atoms with van der Waals surface area (Å²) in [5, 5.41) is 13.7. The summed E-state index contributed by atoms with van der Waals surface area (Å²) in [4.78, 5) is 22.6. The molecular weight excluding hydrogens is 414 g/mol. The number of nitrogens with zero attached hydrogens (tertiary/aromatic N) is 2. The van der Waals surface area contributed by atoms with Crippen molar-refractivity contribution in [1.29, 1.82) is 0 Å². The lowest BCUT2D eigenvalue weighted by Crippen LogP contribution is -2.31. The number of rotatable bonds is 10. The average Bonchev–Trinajstić information content (AvgIpc) is 2.70. The first-order valence-electron chi connectivity index (χ1n) is 8.89. The fourth-order valence-corrected chi connectivity index (χ4v) is 3.73. The summed E-state index contributed by atoms with van der Waals surface area (Å²) < 4.78 is 35.7. The number of carbonyl (C=O) groups excluding carboxylic acids is 1. The van der Waals surface area contributed by atoms with E-state index >= 15 is 0 Å². The summed E-state index contributed by atoms with van der Waals surface area (Å²) >= 11 is 0. The molecule has 162 valence electrons. The molecule has 2 rings (SSSR count). The minimum Gasteiger partial charge on any atom is -0.493 e. The minimum atomic E-state index is -3.69. The highest BCUT2D eigenvalue weighted by Gasteiger charge is 2.20. The van der Waals surface area contributed by atoms with Gasteiger partial charge in [-0.2, -0.15) is 0 Å². The number of non-ortho nitro benzene ring substituents is 1. The molecule has 1 amide bonds. The Morgan fingerprint density at radius 2 is 1.83 bits per heavy atom. The van der Waals surface area contributed by atoms with E-state index in [1.165, 1.54) is 38.5 Å². The second-order valence-electron chi connectivity index (χ2n) is 6.33. The number of anilines is 2. The molecule has 0 atom stereocenters. The molecule has 0 aliphatic rings. The van der Waals surface area contributed by atoms with E-state index in [4.69, 9.17) is 9.47 Å². The van der Waals surface area contributed by atoms with Gasteiger partial charge in [-0.05, 0) is 24.6 Å². The molecule has 0 aliphatic carbocycles. The number of ether oxygens (including phenoxy) is 2. The maximum absolute atomic E-state index is 12.2. The van der Waals surface area contributed by atoms with Crippen molar-refractivity contribution in [3.8, 4) is 11.5 Å². The Kier molecular flexibility index (Phi) is 7.59. The van der Waals surface area contributed by atoms with Gasteiger partial charge in [0.15, 0.2) is 11.5 Å². The van der Waals surface area contributed by atoms with Crippen LogP contribution < -0.4 is 19.1 Å². The van der Waals surface area contributed by atoms with Crippen LogP contribution in [-0.2, 0) is 14.8 Å². The Balaban J connectivity index is 2.03. The molecule has 2 aromatic rings. The van der Waals surface area contributed by atoms with Crippen LogP contribution in [0.5, 0.6) is 11.5 Å². The van der Waals surface area contributed by atoms with Crippen molar-refractivity contribution in [3.63, 3.8) is 0 Å². The van der Waals surface area contributed by atoms with Crippen LogP contribution in [0.3, 0.4) is 0 Å². The zero-order chi connectivity index (χ0) is 22.3. The summed E-state index contributed by atoms with van der Waals surface area (Å²) in [6, 6.07) is 10.3. The monoisotopic (exact) mass is 437 g/mol. The van der Waals surface area contributed by atoms with Gasteiger partial charge in [0.1, 0.15) is 0 Å². The number of methoxy groups -OCH3 is 2. The summed E-state index contributed by atoms with van der Waals surface area (Å²) in [6.07, 6.45) is 1.28. The van der Waals surface area contributed by atoms with Gasteiger partial charge in [0.2, 0.25) is 15.9 Å². The van der Waals surface area contributed by atoms with Crippen LogP contribution in [-0.4, -0.2) is 46.3 Å². The zero-order valence-corrected chi connectivity index (χ0v) is 17.6. The Bertz CT molecular complexity index is 1020. The number of nitro groups is 1. The van der Waals surface area contributed by atoms with Crippen molar-refractivity contribution < 1.29 is 27.6 Å². The molecular formula is C19H23N3O7S. The van der Waals surface area contributed by atoms with Crippen LogP contribution in [0.4, 0.5) is 17.1 Å². The molecule has 0 bridgehead atoms. The zero-order valence-electron chi connectivity index (χ0n) is 16.8. The Morgan fingerprint density at radius 1 is 1.13 bits per heavy atom. The van der Waals surface area contributed by atoms with E-state index in [2.05, 4.69) is 5.32 Å². The number of nitrogens with one attached hydrogen (secondary N) is 1. The number of amides is 1. The Labute approximate surface area is 174 Å². The van der Waals surface area contributed by atoms with Crippen molar-refractivity contribution >= 4 is 33.0 Å². The topological polar surface area (TPSA) is 128 Å². The first-order chi connectivity index (χ1) is 14.2. The van der Waals surface area contributed by atoms with Crippen LogP contribution in [0.2, 0.25) is 0 Å². The maximum atomic E-state index is 12.2. The largest absolute Gasteiger partial charge is 0.493 e. The molecule has 1 N–H and O–H groups in total. The van der Waals surface area contributed by atoms with Crippen LogP contribution in [0, 0.1) is 10.1 Å². The maximum Gasteiger partial charge on any atom is 0.271 e. The van der Waals surface area contributed by atoms with E-state index in [0.717, 1.165) is 10.6 Å². The molecule has 30 heavy (non-hydrogen) atoms. The fourth-order valence-electron chi connectivity index (χ4n) is 2.77. The van der Waals surface area contributed by atoms with Crippen LogP contribution >= 0.6 is 0 Å². The van der Waals surface area contributed by atoms with E-state index < -0.39 is 14.9 Å². The third-order valence-corrected chi connectivity index (χ3v) is 5.36. The van der Waals surface area contributed by atoms with Crippen LogP contribution in [0.1, 0.15) is 12.8 Å². The number of benzene rings is 2. The highest BCUT2D eigenvalue weighted by Crippen LogP contribution is 2.30. The van der Waals surface area contributed by atoms with E-state index in [0.29, 0.717) is 17.2 Å². The molecule has 0 radical (unpaired) electrons. The van der Waals surface area contributed by atoms with Crippen molar-refractivity contribution in [1.82, 2.24) is 0 Å². The lowest BCUT2D eigenvalue weighted by Gasteiger charge is -2.22. The first-order valence-corrected chi connectivity index (χ1v) is 10.7. The summed E-state index contributed by atoms with van der Waals surface area (Å²) in [5.74, 6) is 0.676. The molecule has 0 saturated carbocycles. The highest BCUT2D eigenvalue weighted by atomic mass is 32.2. The lowest BCUT2D eigenvalue weighted by molar-refractivity contribution is -0.384. The number of sulfonamides is 1. The van der Waals surface area contributed by atoms with Crippen molar-refractivity contribution in [3.05, 3.63) is 52.6 Å². The molecule has 0 fully saturated rings. The molecule has 2 aromatic carbocycles. The van der Waals surface area contributed by atoms with Crippen molar-refractivity contribution in [2.75, 3.05) is 36.6 Å². The smallest absolute Gasteiger partial charge is 0.271 e. The van der Waals surface area contributed by atoms with Crippen LogP contribution in [0.15, 0.2) is 42.5 Å². The number of carbonyl (C=O) groups is 1. The molecule has 11 heteroatoms. The predicted octanol–water partition coefficient (Wildman–Crippen LogP) is 2.80. The minimum absolute atomic E-state index is 0.000640. The first kappa shape index (κ1) is 22.9. The van der Waals surface area contributed by atoms with Gasteiger partial charge in [-0.3, -0.25) is 19.2 Å². The molecule has 0 heterocycles. The summed E-state index contributed by atoms with van der Waals surface area (Å²) in [7, 11) is -0.697. The van der Waals surface area contributed by atoms with Crippen molar-refractivity contribution in [2.24, 2.45) is 0 Å². The Hall–Kier alpha value is -3.34. The molecule has 0 spiro atoms. The third kappa shape index (κ3) is 6.08. The average molecular weight is 437 g/mol. The number of hydrogen-bond donors (Lipinski definition) is 1. The standard InChI is InChI=1S/C19H23N3O7S/c1-28-17-10-9-14(12-18(17)29-2)20-19(23)8-5-11-21(30(3,26)27)15-6-4-7-16(13-15)22(24)25/h4,6-7,9-10,12-13H,5,8,11H2,1-3H3,(H,20,23). The van der Waals surface area contributed by atoms with Gasteiger partial charge >= 0.3 is 0 Å². The summed E-state index contributed by atoms with van der Waals surface area (Å²) in [5.41, 5.74) is 0.468. The number of hydrogen-bond acceptors (Lipinski definition) is 7. The van der Waals surface area contributed by atoms with Gasteiger partial charge in [0, 0.05) is 36.9 Å². The molecule has 0 saturated heterocycles. The summed E-state index contributed by atoms with van der Waals surface area (Å²) in [6.45, 7) is -0.000640. The van der Waals surface area contributed by atoms with E-state index in [-0.39, 0.29) is 36.7 Å². The van der Waals surface area contributed by atoms with Gasteiger partial charge < -0.3 is 14.8 Å². The predicted molar refractivity (Wildman–Crippen MR) is 113 cm³/mol. The van der Waals surface area contributed by atoms with Crippen molar-refractivity contribution in [2.45, 2.75) is 12.8 Å². The van der Waals surface area contributed by atoms with Gasteiger partial charge in [0.25, 0.3) is 5.69 Å². The highest BCUT2D eigenvalue weighted by molar-refractivity contribution is 7.92. The third-order valence-electron chi connectivity index (χ3n) is 4.16.